The summed E-state index contributed by atoms with van der Waals surface area (Å²) in [5.41, 5.74) is -2.80. The van der Waals surface area contributed by atoms with Crippen molar-refractivity contribution in [2.24, 2.45) is 0 Å². The van der Waals surface area contributed by atoms with Gasteiger partial charge in [0.15, 0.2) is 5.60 Å². The molecule has 0 aromatic rings. The number of carboxylic acids is 3. The van der Waals surface area contributed by atoms with Gasteiger partial charge in [-0.3, -0.25) is 4.79 Å². The van der Waals surface area contributed by atoms with E-state index in [0.717, 1.165) is 0 Å². The van der Waals surface area contributed by atoms with Crippen LogP contribution in [0.4, 0.5) is 0 Å². The molecule has 9 heteroatoms. The maximum absolute atomic E-state index is 10.3. The Bertz CT molecular complexity index is 248. The predicted molar refractivity (Wildman–Crippen MR) is 50.8 cm³/mol. The van der Waals surface area contributed by atoms with Crippen LogP contribution in [0.5, 0.6) is 0 Å². The second kappa shape index (κ2) is 10.7. The van der Waals surface area contributed by atoms with Crippen LogP contribution in [0.1, 0.15) is 19.8 Å². The van der Waals surface area contributed by atoms with Gasteiger partial charge in [0.1, 0.15) is 0 Å². The van der Waals surface area contributed by atoms with Crippen molar-refractivity contribution in [1.29, 1.82) is 0 Å². The molecule has 1 unspecified atom stereocenters. The van der Waals surface area contributed by atoms with Crippen LogP contribution in [-0.2, 0) is 14.4 Å². The van der Waals surface area contributed by atoms with Crippen LogP contribution in [0, 0.1) is 0 Å². The fourth-order valence-electron chi connectivity index (χ4n) is 0.703. The standard InChI is InChI=1S/C6H8O7.C2H5O.Ca/c7-3(8)1-6(13,5(11)12)2-4(9)10;1-2-3;/h13H,1-2H2,(H,7,8)(H,9,10)(H,11,12);2H2,1H3;/q;-1;+2/p-1. The Balaban J connectivity index is -0.000000440. The first kappa shape index (κ1) is 21.8. The molecule has 94 valence electrons. The van der Waals surface area contributed by atoms with Crippen LogP contribution in [-0.4, -0.2) is 83.2 Å². The minimum Gasteiger partial charge on any atom is -0.855 e. The molecule has 0 heterocycles. The van der Waals surface area contributed by atoms with Crippen molar-refractivity contribution >= 4 is 55.6 Å². The fourth-order valence-corrected chi connectivity index (χ4v) is 0.703. The number of hydrogen-bond donors (Lipinski definition) is 3. The molecule has 0 aromatic heterocycles. The van der Waals surface area contributed by atoms with Gasteiger partial charge < -0.3 is 30.3 Å². The molecule has 0 rings (SSSR count). The topological polar surface area (TPSA) is 158 Å². The first-order chi connectivity index (χ1) is 7.19. The first-order valence-electron chi connectivity index (χ1n) is 4.15. The Morgan fingerprint density at radius 2 is 1.53 bits per heavy atom. The van der Waals surface area contributed by atoms with Gasteiger partial charge in [0.05, 0.1) is 6.42 Å². The predicted octanol–water partition coefficient (Wildman–Crippen LogP) is -3.60. The number of aliphatic carboxylic acids is 3. The molecule has 0 aliphatic carbocycles. The van der Waals surface area contributed by atoms with Crippen LogP contribution in [0.2, 0.25) is 0 Å². The van der Waals surface area contributed by atoms with Gasteiger partial charge >= 0.3 is 49.7 Å². The molecule has 0 aliphatic rings. The number of hydrogen-bond acceptors (Lipinski definition) is 6. The van der Waals surface area contributed by atoms with E-state index in [4.69, 9.17) is 20.4 Å². The number of rotatable bonds is 5. The summed E-state index contributed by atoms with van der Waals surface area (Å²) in [5.74, 6) is -5.34. The third-order valence-electron chi connectivity index (χ3n) is 1.28. The Labute approximate surface area is 127 Å². The average Bonchev–Trinajstić information content (AvgIpc) is 2.01. The summed E-state index contributed by atoms with van der Waals surface area (Å²) in [7, 11) is 0. The summed E-state index contributed by atoms with van der Waals surface area (Å²) in [6.45, 7) is 1.57. The minimum absolute atomic E-state index is 0. The molecule has 0 fully saturated rings. The molecule has 0 saturated carbocycles. The van der Waals surface area contributed by atoms with Gasteiger partial charge in [-0.15, -0.1) is 6.61 Å². The maximum atomic E-state index is 10.3. The van der Waals surface area contributed by atoms with E-state index in [2.05, 4.69) is 0 Å². The Kier molecular flexibility index (Phi) is 13.8. The number of carbonyl (C=O) groups excluding carboxylic acids is 1. The van der Waals surface area contributed by atoms with E-state index < -0.39 is 36.4 Å². The van der Waals surface area contributed by atoms with Crippen LogP contribution in [0.3, 0.4) is 0 Å². The zero-order valence-electron chi connectivity index (χ0n) is 9.21. The van der Waals surface area contributed by atoms with Gasteiger partial charge in [-0.25, -0.2) is 4.79 Å². The molecule has 17 heavy (non-hydrogen) atoms. The van der Waals surface area contributed by atoms with Gasteiger partial charge in [-0.05, 0) is 0 Å². The molecule has 0 aromatic carbocycles. The van der Waals surface area contributed by atoms with E-state index in [1.165, 1.54) is 0 Å². The molecule has 0 aliphatic heterocycles. The summed E-state index contributed by atoms with van der Waals surface area (Å²) < 4.78 is 0. The van der Waals surface area contributed by atoms with Crippen LogP contribution in [0.15, 0.2) is 0 Å². The van der Waals surface area contributed by atoms with Gasteiger partial charge in [-0.1, -0.05) is 6.92 Å². The molecule has 0 spiro atoms. The zero-order chi connectivity index (χ0) is 13.4. The molecule has 0 bridgehead atoms. The van der Waals surface area contributed by atoms with E-state index in [0.29, 0.717) is 0 Å². The van der Waals surface area contributed by atoms with Gasteiger partial charge in [0.25, 0.3) is 0 Å². The first-order valence-corrected chi connectivity index (χ1v) is 4.15. The van der Waals surface area contributed by atoms with Crippen LogP contribution >= 0.6 is 0 Å². The zero-order valence-corrected chi connectivity index (χ0v) is 11.4. The van der Waals surface area contributed by atoms with E-state index in [9.17, 15) is 19.5 Å². The summed E-state index contributed by atoms with van der Waals surface area (Å²) in [6.07, 6.45) is -2.44. The molecule has 0 saturated heterocycles. The van der Waals surface area contributed by atoms with Crippen LogP contribution in [0.25, 0.3) is 0 Å². The normalized spacial score (nSPS) is 12.2. The Morgan fingerprint density at radius 1 is 1.18 bits per heavy atom. The SMILES string of the molecule is CC[O-].O=C([O-])CC(O)(CC(=O)O)C(=O)O.[Ca+2]. The molecule has 3 N–H and O–H groups in total. The van der Waals surface area contributed by atoms with Crippen molar-refractivity contribution in [3.63, 3.8) is 0 Å². The van der Waals surface area contributed by atoms with Crippen molar-refractivity contribution in [2.45, 2.75) is 25.4 Å². The third-order valence-corrected chi connectivity index (χ3v) is 1.28. The van der Waals surface area contributed by atoms with Crippen molar-refractivity contribution < 1.29 is 39.9 Å². The summed E-state index contributed by atoms with van der Waals surface area (Å²) in [4.78, 5) is 30.3. The van der Waals surface area contributed by atoms with Crippen molar-refractivity contribution in [2.75, 3.05) is 6.61 Å². The molecule has 0 radical (unpaired) electrons. The Morgan fingerprint density at radius 3 is 1.71 bits per heavy atom. The van der Waals surface area contributed by atoms with Gasteiger partial charge in [-0.2, -0.15) is 0 Å². The van der Waals surface area contributed by atoms with Crippen molar-refractivity contribution in [3.8, 4) is 0 Å². The summed E-state index contributed by atoms with van der Waals surface area (Å²) in [6, 6.07) is 0. The molecular weight excluding hydrogens is 264 g/mol. The second-order valence-electron chi connectivity index (χ2n) is 2.74. The van der Waals surface area contributed by atoms with E-state index in [1.807, 2.05) is 0 Å². The second-order valence-corrected chi connectivity index (χ2v) is 2.74. The average molecular weight is 276 g/mol. The molecular formula is C8H12CaO8. The largest absolute Gasteiger partial charge is 2.00 e. The van der Waals surface area contributed by atoms with Gasteiger partial charge in [0.2, 0.25) is 0 Å². The molecule has 0 amide bonds. The monoisotopic (exact) mass is 276 g/mol. The minimum atomic E-state index is -2.80. The van der Waals surface area contributed by atoms with Crippen molar-refractivity contribution in [3.05, 3.63) is 0 Å². The Hall–Kier alpha value is -0.410. The van der Waals surface area contributed by atoms with Gasteiger partial charge in [0, 0.05) is 12.4 Å². The summed E-state index contributed by atoms with van der Waals surface area (Å²) >= 11 is 0. The third kappa shape index (κ3) is 11.8. The van der Waals surface area contributed by atoms with E-state index in [1.54, 1.807) is 6.92 Å². The number of aliphatic hydroxyl groups is 1. The number of carboxylic acid groups (broad SMARTS) is 3. The van der Waals surface area contributed by atoms with Crippen LogP contribution < -0.4 is 10.2 Å². The van der Waals surface area contributed by atoms with Crippen molar-refractivity contribution in [1.82, 2.24) is 0 Å². The molecule has 8 nitrogen and oxygen atoms in total. The maximum Gasteiger partial charge on any atom is 2.00 e. The van der Waals surface area contributed by atoms with E-state index in [-0.39, 0.29) is 44.3 Å². The fraction of sp³-hybridized carbons (Fsp3) is 0.625. The summed E-state index contributed by atoms with van der Waals surface area (Å²) in [5, 5.41) is 44.4. The smallest absolute Gasteiger partial charge is 0.855 e. The number of carbonyl (C=O) groups is 3. The quantitative estimate of drug-likeness (QED) is 0.434. The molecule has 1 atom stereocenters. The van der Waals surface area contributed by atoms with E-state index >= 15 is 0 Å².